The molecule has 15 heteroatoms. The number of carbonyl (C=O) groups is 5. The zero-order valence-corrected chi connectivity index (χ0v) is 39.2. The molecular weight excluding hydrogens is 841 g/mol. The molecule has 2 aromatic rings. The van der Waals surface area contributed by atoms with Crippen LogP contribution in [0.25, 0.3) is 0 Å². The van der Waals surface area contributed by atoms with Crippen molar-refractivity contribution < 1.29 is 71.3 Å². The summed E-state index contributed by atoms with van der Waals surface area (Å²) in [6.45, 7) is 21.3. The van der Waals surface area contributed by atoms with Gasteiger partial charge in [-0.25, -0.2) is 14.4 Å². The number of rotatable bonds is 35. The van der Waals surface area contributed by atoms with E-state index in [9.17, 15) is 24.0 Å². The van der Waals surface area contributed by atoms with E-state index in [1.807, 2.05) is 37.3 Å². The van der Waals surface area contributed by atoms with Crippen molar-refractivity contribution >= 4 is 29.8 Å². The van der Waals surface area contributed by atoms with E-state index in [-0.39, 0.29) is 76.8 Å². The van der Waals surface area contributed by atoms with Gasteiger partial charge in [-0.15, -0.1) is 0 Å². The van der Waals surface area contributed by atoms with Crippen molar-refractivity contribution in [3.05, 3.63) is 91.1 Å². The smallest absolute Gasteiger partial charge is 0.333 e. The molecule has 362 valence electrons. The second-order valence-electron chi connectivity index (χ2n) is 15.0. The third-order valence-corrected chi connectivity index (χ3v) is 8.58. The molecule has 0 spiro atoms. The molecule has 0 saturated heterocycles. The summed E-state index contributed by atoms with van der Waals surface area (Å²) >= 11 is 0. The molecule has 2 atom stereocenters. The van der Waals surface area contributed by atoms with Gasteiger partial charge in [0.1, 0.15) is 43.7 Å². The van der Waals surface area contributed by atoms with Crippen molar-refractivity contribution in [2.75, 3.05) is 66.1 Å². The zero-order valence-electron chi connectivity index (χ0n) is 39.2. The lowest BCUT2D eigenvalue weighted by molar-refractivity contribution is -0.161. The molecule has 0 bridgehead atoms. The first-order valence-electron chi connectivity index (χ1n) is 22.3. The molecule has 2 unspecified atom stereocenters. The second-order valence-corrected chi connectivity index (χ2v) is 15.0. The Morgan fingerprint density at radius 3 is 1.38 bits per heavy atom. The van der Waals surface area contributed by atoms with E-state index in [1.54, 1.807) is 38.1 Å². The Balaban J connectivity index is 0.00000210. The molecule has 65 heavy (non-hydrogen) atoms. The van der Waals surface area contributed by atoms with Crippen molar-refractivity contribution in [3.8, 4) is 17.2 Å². The van der Waals surface area contributed by atoms with E-state index < -0.39 is 30.1 Å². The molecule has 0 amide bonds. The van der Waals surface area contributed by atoms with Crippen LogP contribution in [0.15, 0.2) is 91.1 Å². The van der Waals surface area contributed by atoms with E-state index in [0.29, 0.717) is 60.9 Å². The standard InChI is InChI=1S/C43H60O13.C7H12O2/c1-6-7-11-18-40(44)55-38(31-53-35-16-12-10-13-17-35)29-48-25-27-50-36-20-22-37(23-21-36)51-28-26-49-30-39(32-54-43(47)34(4)5)56-41(45)19-14-8-9-15-24-52-42(46)33(2)3;1-4-5-9-7(8)6(2)3/h10,12-13,16-17,20-23,38-39H,2,4,6-9,11,14-15,18-19,24-32H2,1,3,5H3;2,4-5H2,1,3H3. The van der Waals surface area contributed by atoms with Gasteiger partial charge >= 0.3 is 29.8 Å². The van der Waals surface area contributed by atoms with Crippen LogP contribution in [-0.4, -0.2) is 108 Å². The highest BCUT2D eigenvalue weighted by atomic mass is 16.6. The third-order valence-electron chi connectivity index (χ3n) is 8.58. The van der Waals surface area contributed by atoms with Crippen molar-refractivity contribution in [1.82, 2.24) is 0 Å². The monoisotopic (exact) mass is 912 g/mol. The van der Waals surface area contributed by atoms with Gasteiger partial charge in [0.25, 0.3) is 0 Å². The highest BCUT2D eigenvalue weighted by Gasteiger charge is 2.19. The van der Waals surface area contributed by atoms with Crippen molar-refractivity contribution in [1.29, 1.82) is 0 Å². The Morgan fingerprint density at radius 1 is 0.446 bits per heavy atom. The predicted octanol–water partition coefficient (Wildman–Crippen LogP) is 8.67. The first-order valence-corrected chi connectivity index (χ1v) is 22.3. The highest BCUT2D eigenvalue weighted by molar-refractivity contribution is 5.87. The molecule has 2 rings (SSSR count). The number of hydrogen-bond donors (Lipinski definition) is 0. The maximum absolute atomic E-state index is 12.5. The fourth-order valence-corrected chi connectivity index (χ4v) is 5.07. The second kappa shape index (κ2) is 36.6. The van der Waals surface area contributed by atoms with E-state index in [1.165, 1.54) is 6.92 Å². The number of para-hydroxylation sites is 1. The fraction of sp³-hybridized carbons (Fsp3) is 0.540. The van der Waals surface area contributed by atoms with E-state index in [2.05, 4.69) is 26.7 Å². The maximum Gasteiger partial charge on any atom is 0.333 e. The maximum atomic E-state index is 12.5. The molecule has 0 aromatic heterocycles. The Hall–Kier alpha value is -5.67. The van der Waals surface area contributed by atoms with Crippen molar-refractivity contribution in [3.63, 3.8) is 0 Å². The average molecular weight is 913 g/mol. The predicted molar refractivity (Wildman–Crippen MR) is 246 cm³/mol. The first kappa shape index (κ1) is 57.3. The van der Waals surface area contributed by atoms with Crippen LogP contribution in [0.3, 0.4) is 0 Å². The largest absolute Gasteiger partial charge is 0.491 e. The Morgan fingerprint density at radius 2 is 0.892 bits per heavy atom. The lowest BCUT2D eigenvalue weighted by atomic mass is 10.1. The average Bonchev–Trinajstić information content (AvgIpc) is 3.29. The molecule has 0 N–H and O–H groups in total. The number of ether oxygens (including phenoxy) is 10. The van der Waals surface area contributed by atoms with Crippen molar-refractivity contribution in [2.24, 2.45) is 0 Å². The van der Waals surface area contributed by atoms with Gasteiger partial charge in [0, 0.05) is 29.6 Å². The molecule has 2 aromatic carbocycles. The molecule has 0 aliphatic carbocycles. The van der Waals surface area contributed by atoms with Gasteiger partial charge in [-0.3, -0.25) is 9.59 Å². The minimum absolute atomic E-state index is 0.00367. The van der Waals surface area contributed by atoms with Gasteiger partial charge in [-0.1, -0.05) is 77.5 Å². The first-order chi connectivity index (χ1) is 31.2. The summed E-state index contributed by atoms with van der Waals surface area (Å²) in [6.07, 6.45) is 5.67. The number of esters is 5. The third kappa shape index (κ3) is 31.0. The van der Waals surface area contributed by atoms with Gasteiger partial charge < -0.3 is 47.4 Å². The summed E-state index contributed by atoms with van der Waals surface area (Å²) in [6, 6.07) is 16.4. The summed E-state index contributed by atoms with van der Waals surface area (Å²) in [4.78, 5) is 58.7. The number of benzene rings is 2. The normalized spacial score (nSPS) is 11.3. The van der Waals surface area contributed by atoms with Crippen LogP contribution in [0, 0.1) is 0 Å². The van der Waals surface area contributed by atoms with Crippen LogP contribution in [-0.2, 0) is 57.1 Å². The van der Waals surface area contributed by atoms with Crippen LogP contribution < -0.4 is 14.2 Å². The van der Waals surface area contributed by atoms with Crippen LogP contribution in [0.2, 0.25) is 0 Å². The number of hydrogen-bond acceptors (Lipinski definition) is 15. The number of unbranched alkanes of at least 4 members (excludes halogenated alkanes) is 5. The van der Waals surface area contributed by atoms with Crippen LogP contribution in [0.5, 0.6) is 17.2 Å². The van der Waals surface area contributed by atoms with Crippen LogP contribution in [0.4, 0.5) is 0 Å². The summed E-state index contributed by atoms with van der Waals surface area (Å²) in [5.41, 5.74) is 1.05. The quantitative estimate of drug-likeness (QED) is 0.0277. The summed E-state index contributed by atoms with van der Waals surface area (Å²) in [5, 5.41) is 0. The SMILES string of the molecule is C=C(C)C(=O)OCCC.C=C(C)C(=O)OCCCCCCC(=O)OC(COCCOc1ccc(OCCOCC(COc2ccccc2)OC(=O)CCCCC)cc1)COC(=O)C(=C)C. The fourth-order valence-electron chi connectivity index (χ4n) is 5.07. The topological polar surface area (TPSA) is 178 Å². The summed E-state index contributed by atoms with van der Waals surface area (Å²) in [5.74, 6) is -0.0722. The van der Waals surface area contributed by atoms with Crippen LogP contribution in [0.1, 0.15) is 98.8 Å². The Labute approximate surface area is 385 Å². The molecule has 0 aliphatic rings. The molecule has 0 aliphatic heterocycles. The van der Waals surface area contributed by atoms with Crippen LogP contribution >= 0.6 is 0 Å². The molecule has 0 heterocycles. The molecule has 0 fully saturated rings. The van der Waals surface area contributed by atoms with Gasteiger partial charge in [0.15, 0.2) is 12.2 Å². The summed E-state index contributed by atoms with van der Waals surface area (Å²) in [7, 11) is 0. The molecule has 15 nitrogen and oxygen atoms in total. The lowest BCUT2D eigenvalue weighted by Gasteiger charge is -2.19. The minimum atomic E-state index is -0.799. The Bertz CT molecular complexity index is 1690. The van der Waals surface area contributed by atoms with E-state index in [4.69, 9.17) is 47.4 Å². The molecule has 0 saturated carbocycles. The van der Waals surface area contributed by atoms with Gasteiger partial charge in [-0.05, 0) is 82.9 Å². The molecular formula is C50H72O15. The molecule has 0 radical (unpaired) electrons. The van der Waals surface area contributed by atoms with E-state index >= 15 is 0 Å². The minimum Gasteiger partial charge on any atom is -0.491 e. The highest BCUT2D eigenvalue weighted by Crippen LogP contribution is 2.18. The zero-order chi connectivity index (χ0) is 48.1. The van der Waals surface area contributed by atoms with Gasteiger partial charge in [0.05, 0.1) is 39.6 Å². The van der Waals surface area contributed by atoms with Gasteiger partial charge in [-0.2, -0.15) is 0 Å². The van der Waals surface area contributed by atoms with Gasteiger partial charge in [0.2, 0.25) is 0 Å². The van der Waals surface area contributed by atoms with E-state index in [0.717, 1.165) is 38.5 Å². The summed E-state index contributed by atoms with van der Waals surface area (Å²) < 4.78 is 54.9. The lowest BCUT2D eigenvalue weighted by Crippen LogP contribution is -2.30. The van der Waals surface area contributed by atoms with Crippen molar-refractivity contribution in [2.45, 2.75) is 111 Å². The number of carbonyl (C=O) groups excluding carboxylic acids is 5. The Kier molecular flexibility index (Phi) is 32.3.